The number of carbonyl (C=O) groups excluding carboxylic acids is 1. The normalized spacial score (nSPS) is 34.1. The Balaban J connectivity index is 1.39. The summed E-state index contributed by atoms with van der Waals surface area (Å²) in [5, 5.41) is 49.3. The van der Waals surface area contributed by atoms with Crippen molar-refractivity contribution >= 4 is 38.5 Å². The second-order valence-electron chi connectivity index (χ2n) is 8.54. The van der Waals surface area contributed by atoms with Crippen molar-refractivity contribution in [1.82, 2.24) is 19.5 Å². The van der Waals surface area contributed by atoms with Gasteiger partial charge in [-0.05, 0) is 0 Å². The molecule has 4 rings (SSSR count). The first-order valence-electron chi connectivity index (χ1n) is 11.2. The quantitative estimate of drug-likeness (QED) is 0.123. The van der Waals surface area contributed by atoms with Crippen molar-refractivity contribution in [2.24, 2.45) is 0 Å². The molecule has 21 nitrogen and oxygen atoms in total. The number of aromatic nitrogens is 4. The number of rotatable bonds is 10. The summed E-state index contributed by atoms with van der Waals surface area (Å²) in [5.74, 6) is -1.37. The number of imidazole rings is 1. The van der Waals surface area contributed by atoms with Crippen LogP contribution in [0.25, 0.3) is 11.2 Å². The van der Waals surface area contributed by atoms with Crippen LogP contribution in [-0.2, 0) is 36.8 Å². The van der Waals surface area contributed by atoms with Gasteiger partial charge in [-0.2, -0.15) is 4.98 Å². The summed E-state index contributed by atoms with van der Waals surface area (Å²) in [5.41, 5.74) is 4.48. The van der Waals surface area contributed by atoms with Crippen molar-refractivity contribution < 1.29 is 72.1 Å². The van der Waals surface area contributed by atoms with Crippen molar-refractivity contribution in [2.75, 3.05) is 18.9 Å². The third kappa shape index (κ3) is 6.32. The lowest BCUT2D eigenvalue weighted by Gasteiger charge is -2.39. The van der Waals surface area contributed by atoms with Gasteiger partial charge in [-0.3, -0.25) is 32.8 Å². The lowest BCUT2D eigenvalue weighted by Crippen LogP contribution is -2.56. The highest BCUT2D eigenvalue weighted by Gasteiger charge is 2.47. The molecule has 2 unspecified atom stereocenters. The van der Waals surface area contributed by atoms with E-state index in [1.54, 1.807) is 0 Å². The number of nitrogens with two attached hydrogens (primary N) is 1. The Bertz CT molecular complexity index is 1400. The second-order valence-corrected chi connectivity index (χ2v) is 11.5. The molecule has 224 valence electrons. The molecule has 2 aromatic rings. The second kappa shape index (κ2) is 11.6. The fourth-order valence-electron chi connectivity index (χ4n) is 3.92. The molecule has 2 saturated heterocycles. The van der Waals surface area contributed by atoms with Gasteiger partial charge < -0.3 is 55.1 Å². The minimum absolute atomic E-state index is 0.137. The number of H-pyrrole nitrogens is 1. The lowest BCUT2D eigenvalue weighted by molar-refractivity contribution is -0.278. The molecular formula is C17H23N5O16P2-2. The number of ether oxygens (including phenoxy) is 2. The SMILES string of the molecule is Nc1nc2c(ncn2[C@@H]2O[C@H](COP(=O)([O-])OP(=O)([O-])O[C@H]3O[C@@H](CCO)C(=O)[C@@H](O)[C@@H]3O)[C@@H](O)[C@H]2O)c(=O)[nH]1. The monoisotopic (exact) mass is 615 g/mol. The van der Waals surface area contributed by atoms with Crippen LogP contribution in [0.15, 0.2) is 11.1 Å². The molecule has 40 heavy (non-hydrogen) atoms. The summed E-state index contributed by atoms with van der Waals surface area (Å²) in [6, 6.07) is 0. The lowest BCUT2D eigenvalue weighted by atomic mass is 9.99. The van der Waals surface area contributed by atoms with Crippen LogP contribution in [0.2, 0.25) is 0 Å². The minimum Gasteiger partial charge on any atom is -0.756 e. The van der Waals surface area contributed by atoms with Crippen LogP contribution in [0.3, 0.4) is 0 Å². The van der Waals surface area contributed by atoms with Crippen molar-refractivity contribution in [3.05, 3.63) is 16.7 Å². The van der Waals surface area contributed by atoms with Crippen molar-refractivity contribution in [1.29, 1.82) is 0 Å². The molecule has 8 N–H and O–H groups in total. The van der Waals surface area contributed by atoms with E-state index in [-0.39, 0.29) is 17.1 Å². The predicted octanol–water partition coefficient (Wildman–Crippen LogP) is -5.29. The first-order valence-corrected chi connectivity index (χ1v) is 14.1. The van der Waals surface area contributed by atoms with E-state index in [4.69, 9.17) is 20.3 Å². The van der Waals surface area contributed by atoms with Gasteiger partial charge in [-0.1, -0.05) is 0 Å². The molecule has 0 aliphatic carbocycles. The number of anilines is 1. The molecule has 0 aromatic carbocycles. The van der Waals surface area contributed by atoms with Gasteiger partial charge in [0.2, 0.25) is 5.95 Å². The summed E-state index contributed by atoms with van der Waals surface area (Å²) in [6.45, 7) is -1.71. The van der Waals surface area contributed by atoms with Crippen LogP contribution >= 0.6 is 15.6 Å². The van der Waals surface area contributed by atoms with Crippen LogP contribution in [0.4, 0.5) is 5.95 Å². The van der Waals surface area contributed by atoms with Crippen molar-refractivity contribution in [3.8, 4) is 0 Å². The molecule has 2 aliphatic heterocycles. The number of nitrogens with zero attached hydrogens (tertiary/aromatic N) is 3. The first kappa shape index (κ1) is 30.8. The molecule has 2 aromatic heterocycles. The highest BCUT2D eigenvalue weighted by Crippen LogP contribution is 2.57. The standard InChI is InChI=1S/C17H25N5O16P2/c18-17-20-13-7(14(29)21-17)19-4-22(13)15-11(27)9(25)6(35-15)3-34-39(30,31)38-40(32,33)37-16-12(28)10(26)8(24)5(36-16)1-2-23/h4-6,9-12,15-16,23,25-28H,1-3H2,(H,30,31)(H,32,33)(H3,18,20,21,29)/p-2/t5-,6+,9+,10+,11+,12-,15+,16+/m0/s1. The Morgan fingerprint density at radius 2 is 1.80 bits per heavy atom. The van der Waals surface area contributed by atoms with Gasteiger partial charge in [0.1, 0.15) is 36.6 Å². The van der Waals surface area contributed by atoms with E-state index in [0.29, 0.717) is 0 Å². The summed E-state index contributed by atoms with van der Waals surface area (Å²) in [6.07, 6.45) is -14.3. The summed E-state index contributed by atoms with van der Waals surface area (Å²) < 4.78 is 48.4. The average Bonchev–Trinajstić information content (AvgIpc) is 3.39. The van der Waals surface area contributed by atoms with E-state index in [1.807, 2.05) is 0 Å². The summed E-state index contributed by atoms with van der Waals surface area (Å²) >= 11 is 0. The Morgan fingerprint density at radius 3 is 2.48 bits per heavy atom. The Morgan fingerprint density at radius 1 is 1.10 bits per heavy atom. The molecule has 0 spiro atoms. The number of phosphoric acid groups is 2. The van der Waals surface area contributed by atoms with Gasteiger partial charge in [-0.15, -0.1) is 0 Å². The third-order valence-corrected chi connectivity index (χ3v) is 8.32. The zero-order valence-electron chi connectivity index (χ0n) is 19.9. The van der Waals surface area contributed by atoms with Gasteiger partial charge in [0.15, 0.2) is 29.5 Å². The summed E-state index contributed by atoms with van der Waals surface area (Å²) in [7, 11) is -11.7. The number of hydrogen-bond acceptors (Lipinski definition) is 19. The number of phosphoric ester groups is 2. The zero-order chi connectivity index (χ0) is 29.6. The largest absolute Gasteiger partial charge is 0.756 e. The molecule has 2 fully saturated rings. The highest BCUT2D eigenvalue weighted by atomic mass is 31.3. The molecule has 10 atom stereocenters. The van der Waals surface area contributed by atoms with Gasteiger partial charge in [-0.25, -0.2) is 9.29 Å². The van der Waals surface area contributed by atoms with Gasteiger partial charge >= 0.3 is 0 Å². The van der Waals surface area contributed by atoms with E-state index < -0.39 is 95.8 Å². The number of Topliss-reactive ketones (excluding diaryl/α,β-unsaturated/α-hetero) is 1. The minimum atomic E-state index is -5.93. The number of ketones is 1. The van der Waals surface area contributed by atoms with E-state index >= 15 is 0 Å². The highest BCUT2D eigenvalue weighted by molar-refractivity contribution is 7.59. The third-order valence-electron chi connectivity index (χ3n) is 5.79. The fourth-order valence-corrected chi connectivity index (χ4v) is 6.00. The number of aliphatic hydroxyl groups is 5. The van der Waals surface area contributed by atoms with E-state index in [0.717, 1.165) is 10.9 Å². The average molecular weight is 615 g/mol. The van der Waals surface area contributed by atoms with Crippen LogP contribution in [0.5, 0.6) is 0 Å². The smallest absolute Gasteiger partial charge is 0.280 e. The Kier molecular flexibility index (Phi) is 8.91. The van der Waals surface area contributed by atoms with Crippen molar-refractivity contribution in [3.63, 3.8) is 0 Å². The number of carbonyl (C=O) groups is 1. The van der Waals surface area contributed by atoms with Crippen LogP contribution in [0, 0.1) is 0 Å². The molecule has 4 heterocycles. The van der Waals surface area contributed by atoms with Gasteiger partial charge in [0.05, 0.1) is 12.9 Å². The molecule has 0 radical (unpaired) electrons. The van der Waals surface area contributed by atoms with E-state index in [2.05, 4.69) is 28.3 Å². The maximum Gasteiger partial charge on any atom is 0.280 e. The number of aromatic amines is 1. The number of nitrogens with one attached hydrogen (secondary N) is 1. The predicted molar refractivity (Wildman–Crippen MR) is 119 cm³/mol. The van der Waals surface area contributed by atoms with Gasteiger partial charge in [0.25, 0.3) is 21.2 Å². The fraction of sp³-hybridized carbons (Fsp3) is 0.647. The summed E-state index contributed by atoms with van der Waals surface area (Å²) in [4.78, 5) is 58.0. The maximum absolute atomic E-state index is 12.2. The van der Waals surface area contributed by atoms with Crippen molar-refractivity contribution in [2.45, 2.75) is 55.6 Å². The topological polar surface area (TPSA) is 334 Å². The Labute approximate surface area is 221 Å². The Hall–Kier alpha value is -2.20. The molecule has 2 aliphatic rings. The number of nitrogen functional groups attached to an aromatic ring is 1. The molecule has 23 heteroatoms. The first-order chi connectivity index (χ1) is 18.6. The van der Waals surface area contributed by atoms with Crippen LogP contribution in [-0.4, -0.2) is 107 Å². The molecule has 0 amide bonds. The molecule has 0 saturated carbocycles. The number of aliphatic hydroxyl groups excluding tert-OH is 5. The molecular weight excluding hydrogens is 592 g/mol. The van der Waals surface area contributed by atoms with Crippen LogP contribution in [0.1, 0.15) is 12.6 Å². The van der Waals surface area contributed by atoms with Gasteiger partial charge in [0, 0.05) is 13.0 Å². The maximum atomic E-state index is 12.2. The zero-order valence-corrected chi connectivity index (χ0v) is 21.6. The van der Waals surface area contributed by atoms with E-state index in [1.165, 1.54) is 0 Å². The number of hydrogen-bond donors (Lipinski definition) is 7. The van der Waals surface area contributed by atoms with E-state index in [9.17, 15) is 48.9 Å². The molecule has 0 bridgehead atoms. The van der Waals surface area contributed by atoms with Crippen LogP contribution < -0.4 is 21.1 Å². The number of fused-ring (bicyclic) bond motifs is 1.